The molecule has 1 aliphatic rings. The van der Waals surface area contributed by atoms with Gasteiger partial charge in [-0.25, -0.2) is 0 Å². The van der Waals surface area contributed by atoms with E-state index in [2.05, 4.69) is 44.3 Å². The zero-order chi connectivity index (χ0) is 22.6. The lowest BCUT2D eigenvalue weighted by Crippen LogP contribution is -2.35. The maximum absolute atomic E-state index is 13.2. The van der Waals surface area contributed by atoms with Crippen molar-refractivity contribution in [2.75, 3.05) is 20.1 Å². The van der Waals surface area contributed by atoms with Crippen molar-refractivity contribution >= 4 is 16.8 Å². The Balaban J connectivity index is 1.30. The van der Waals surface area contributed by atoms with Gasteiger partial charge in [-0.1, -0.05) is 48.5 Å². The van der Waals surface area contributed by atoms with Gasteiger partial charge in [0, 0.05) is 44.2 Å². The Morgan fingerprint density at radius 2 is 2.00 bits per heavy atom. The zero-order valence-corrected chi connectivity index (χ0v) is 18.9. The van der Waals surface area contributed by atoms with Crippen LogP contribution in [0.4, 0.5) is 0 Å². The summed E-state index contributed by atoms with van der Waals surface area (Å²) in [7, 11) is 1.85. The number of hydrogen-bond acceptors (Lipinski definition) is 4. The first-order valence-electron chi connectivity index (χ1n) is 11.6. The van der Waals surface area contributed by atoms with Gasteiger partial charge in [-0.2, -0.15) is 5.10 Å². The number of benzene rings is 2. The molecule has 168 valence electrons. The fraction of sp³-hybridized carbons (Fsp3) is 0.296. The standard InChI is InChI=1S/C27H29N5O/c1-31(17-20-8-3-2-4-9-20)27(33)24-16-29-30-26(24)22-11-7-15-32(19-22)18-21-10-5-13-25-23(21)12-6-14-28-25/h2-6,8-10,12-14,16,22H,7,11,15,17-19H2,1H3,(H,29,30)/t22-/m1/s1. The van der Waals surface area contributed by atoms with Crippen LogP contribution >= 0.6 is 0 Å². The van der Waals surface area contributed by atoms with E-state index in [0.29, 0.717) is 12.1 Å². The number of fused-ring (bicyclic) bond motifs is 1. The molecule has 6 nitrogen and oxygen atoms in total. The predicted octanol–water partition coefficient (Wildman–Crippen LogP) is 4.61. The lowest BCUT2D eigenvalue weighted by atomic mass is 9.91. The van der Waals surface area contributed by atoms with Gasteiger partial charge in [-0.15, -0.1) is 0 Å². The highest BCUT2D eigenvalue weighted by atomic mass is 16.2. The van der Waals surface area contributed by atoms with E-state index >= 15 is 0 Å². The second-order valence-electron chi connectivity index (χ2n) is 8.91. The topological polar surface area (TPSA) is 65.1 Å². The largest absolute Gasteiger partial charge is 0.337 e. The zero-order valence-electron chi connectivity index (χ0n) is 18.9. The molecule has 6 heteroatoms. The highest BCUT2D eigenvalue weighted by Gasteiger charge is 2.28. The van der Waals surface area contributed by atoms with E-state index < -0.39 is 0 Å². The first kappa shape index (κ1) is 21.3. The number of nitrogens with zero attached hydrogens (tertiary/aromatic N) is 4. The average molecular weight is 440 g/mol. The Morgan fingerprint density at radius 1 is 1.12 bits per heavy atom. The number of hydrogen-bond donors (Lipinski definition) is 1. The molecule has 1 aliphatic heterocycles. The second kappa shape index (κ2) is 9.55. The molecule has 1 fully saturated rings. The Morgan fingerprint density at radius 3 is 2.88 bits per heavy atom. The van der Waals surface area contributed by atoms with Gasteiger partial charge >= 0.3 is 0 Å². The number of aromatic amines is 1. The smallest absolute Gasteiger partial charge is 0.257 e. The molecule has 3 heterocycles. The summed E-state index contributed by atoms with van der Waals surface area (Å²) in [6, 6.07) is 20.6. The Kier molecular flexibility index (Phi) is 6.17. The number of carbonyl (C=O) groups excluding carboxylic acids is 1. The summed E-state index contributed by atoms with van der Waals surface area (Å²) in [6.07, 6.45) is 5.68. The number of carbonyl (C=O) groups is 1. The van der Waals surface area contributed by atoms with E-state index in [1.807, 2.05) is 49.6 Å². The molecule has 2 aromatic heterocycles. The number of piperidine rings is 1. The van der Waals surface area contributed by atoms with E-state index in [1.165, 1.54) is 10.9 Å². The van der Waals surface area contributed by atoms with E-state index in [9.17, 15) is 4.79 Å². The van der Waals surface area contributed by atoms with Crippen molar-refractivity contribution in [1.29, 1.82) is 0 Å². The molecule has 0 radical (unpaired) electrons. The van der Waals surface area contributed by atoms with Gasteiger partial charge in [-0.3, -0.25) is 19.8 Å². The molecule has 33 heavy (non-hydrogen) atoms. The number of H-pyrrole nitrogens is 1. The van der Waals surface area contributed by atoms with E-state index in [0.717, 1.165) is 49.2 Å². The van der Waals surface area contributed by atoms with Crippen LogP contribution in [0.2, 0.25) is 0 Å². The van der Waals surface area contributed by atoms with Crippen LogP contribution in [0.5, 0.6) is 0 Å². The first-order valence-corrected chi connectivity index (χ1v) is 11.6. The normalized spacial score (nSPS) is 16.7. The molecule has 4 aromatic rings. The highest BCUT2D eigenvalue weighted by molar-refractivity contribution is 5.95. The maximum atomic E-state index is 13.2. The van der Waals surface area contributed by atoms with Gasteiger partial charge in [0.15, 0.2) is 0 Å². The number of rotatable bonds is 6. The number of likely N-dealkylation sites (tertiary alicyclic amines) is 1. The number of pyridine rings is 1. The molecule has 0 bridgehead atoms. The van der Waals surface area contributed by atoms with Crippen molar-refractivity contribution in [3.63, 3.8) is 0 Å². The lowest BCUT2D eigenvalue weighted by Gasteiger charge is -2.33. The highest BCUT2D eigenvalue weighted by Crippen LogP contribution is 2.30. The molecule has 2 aromatic carbocycles. The molecule has 5 rings (SSSR count). The van der Waals surface area contributed by atoms with Crippen LogP contribution in [-0.4, -0.2) is 51.0 Å². The molecule has 1 saturated heterocycles. The van der Waals surface area contributed by atoms with Crippen LogP contribution in [0, 0.1) is 0 Å². The van der Waals surface area contributed by atoms with Gasteiger partial charge in [0.25, 0.3) is 5.91 Å². The third kappa shape index (κ3) is 4.66. The fourth-order valence-corrected chi connectivity index (χ4v) is 4.89. The number of aromatic nitrogens is 3. The summed E-state index contributed by atoms with van der Waals surface area (Å²) in [6.45, 7) is 3.42. The molecular formula is C27H29N5O. The molecule has 1 N–H and O–H groups in total. The monoisotopic (exact) mass is 439 g/mol. The third-order valence-electron chi connectivity index (χ3n) is 6.55. The maximum Gasteiger partial charge on any atom is 0.257 e. The van der Waals surface area contributed by atoms with Crippen LogP contribution in [-0.2, 0) is 13.1 Å². The predicted molar refractivity (Wildman–Crippen MR) is 130 cm³/mol. The van der Waals surface area contributed by atoms with Crippen molar-refractivity contribution in [2.45, 2.75) is 31.8 Å². The van der Waals surface area contributed by atoms with Crippen LogP contribution in [0.3, 0.4) is 0 Å². The van der Waals surface area contributed by atoms with Gasteiger partial charge < -0.3 is 4.90 Å². The Labute approximate surface area is 194 Å². The summed E-state index contributed by atoms with van der Waals surface area (Å²) in [5.74, 6) is 0.276. The molecule has 0 aliphatic carbocycles. The summed E-state index contributed by atoms with van der Waals surface area (Å²) >= 11 is 0. The fourth-order valence-electron chi connectivity index (χ4n) is 4.89. The van der Waals surface area contributed by atoms with Gasteiger partial charge in [0.1, 0.15) is 0 Å². The minimum Gasteiger partial charge on any atom is -0.337 e. The van der Waals surface area contributed by atoms with E-state index in [1.54, 1.807) is 11.1 Å². The number of nitrogens with one attached hydrogen (secondary N) is 1. The quantitative estimate of drug-likeness (QED) is 0.477. The molecule has 1 amide bonds. The first-order chi connectivity index (χ1) is 16.2. The third-order valence-corrected chi connectivity index (χ3v) is 6.55. The summed E-state index contributed by atoms with van der Waals surface area (Å²) in [5.41, 5.74) is 5.10. The van der Waals surface area contributed by atoms with Crippen LogP contribution in [0.15, 0.2) is 73.1 Å². The van der Waals surface area contributed by atoms with Crippen LogP contribution in [0.25, 0.3) is 10.9 Å². The van der Waals surface area contributed by atoms with Crippen molar-refractivity contribution in [3.8, 4) is 0 Å². The van der Waals surface area contributed by atoms with E-state index in [-0.39, 0.29) is 11.8 Å². The average Bonchev–Trinajstić information content (AvgIpc) is 3.35. The van der Waals surface area contributed by atoms with Gasteiger partial charge in [-0.05, 0) is 42.6 Å². The summed E-state index contributed by atoms with van der Waals surface area (Å²) < 4.78 is 0. The lowest BCUT2D eigenvalue weighted by molar-refractivity contribution is 0.0782. The molecular weight excluding hydrogens is 410 g/mol. The minimum absolute atomic E-state index is 0.0138. The summed E-state index contributed by atoms with van der Waals surface area (Å²) in [5, 5.41) is 8.62. The van der Waals surface area contributed by atoms with Gasteiger partial charge in [0.2, 0.25) is 0 Å². The van der Waals surface area contributed by atoms with Gasteiger partial charge in [0.05, 0.1) is 23.0 Å². The van der Waals surface area contributed by atoms with Crippen molar-refractivity contribution < 1.29 is 4.79 Å². The minimum atomic E-state index is 0.0138. The number of amides is 1. The Bertz CT molecular complexity index is 1230. The van der Waals surface area contributed by atoms with Crippen molar-refractivity contribution in [2.24, 2.45) is 0 Å². The van der Waals surface area contributed by atoms with E-state index in [4.69, 9.17) is 0 Å². The molecule has 0 unspecified atom stereocenters. The summed E-state index contributed by atoms with van der Waals surface area (Å²) in [4.78, 5) is 22.0. The molecule has 0 saturated carbocycles. The van der Waals surface area contributed by atoms with Crippen molar-refractivity contribution in [3.05, 3.63) is 95.4 Å². The van der Waals surface area contributed by atoms with Crippen molar-refractivity contribution in [1.82, 2.24) is 25.0 Å². The second-order valence-corrected chi connectivity index (χ2v) is 8.91. The molecule has 1 atom stereocenters. The molecule has 0 spiro atoms. The SMILES string of the molecule is CN(Cc1ccccc1)C(=O)c1cn[nH]c1[C@@H]1CCCN(Cc2cccc3ncccc23)C1. The van der Waals surface area contributed by atoms with Crippen LogP contribution < -0.4 is 0 Å². The Hall–Kier alpha value is -3.51. The van der Waals surface area contributed by atoms with Crippen LogP contribution in [0.1, 0.15) is 45.9 Å².